The predicted molar refractivity (Wildman–Crippen MR) is 111 cm³/mol. The quantitative estimate of drug-likeness (QED) is 0.254. The van der Waals surface area contributed by atoms with Crippen molar-refractivity contribution in [3.63, 3.8) is 0 Å². The van der Waals surface area contributed by atoms with Crippen LogP contribution in [0.3, 0.4) is 0 Å². The smallest absolute Gasteiger partial charge is 0.352 e. The van der Waals surface area contributed by atoms with Crippen LogP contribution in [0, 0.1) is 0 Å². The van der Waals surface area contributed by atoms with E-state index in [0.717, 1.165) is 36.3 Å². The van der Waals surface area contributed by atoms with Crippen LogP contribution in [0.15, 0.2) is 59.5 Å². The highest BCUT2D eigenvalue weighted by atomic mass is 16.1. The number of rotatable bonds is 10. The Labute approximate surface area is 159 Å². The van der Waals surface area contributed by atoms with Crippen molar-refractivity contribution in [3.8, 4) is 5.69 Å². The van der Waals surface area contributed by atoms with Crippen molar-refractivity contribution in [3.05, 3.63) is 77.0 Å². The number of nitrogens with two attached hydrogens (primary N) is 2. The van der Waals surface area contributed by atoms with Crippen molar-refractivity contribution in [2.45, 2.75) is 19.4 Å². The molecule has 0 aliphatic carbocycles. The molecule has 7 nitrogen and oxygen atoms in total. The molecule has 0 amide bonds. The van der Waals surface area contributed by atoms with Crippen LogP contribution in [-0.4, -0.2) is 28.6 Å². The molecule has 0 radical (unpaired) electrons. The van der Waals surface area contributed by atoms with Crippen molar-refractivity contribution in [1.29, 1.82) is 0 Å². The number of guanidine groups is 1. The summed E-state index contributed by atoms with van der Waals surface area (Å²) in [5.74, 6) is 0.118. The minimum absolute atomic E-state index is 0.118. The molecule has 7 heteroatoms. The highest BCUT2D eigenvalue weighted by Gasteiger charge is 2.07. The lowest BCUT2D eigenvalue weighted by molar-refractivity contribution is 0.655. The van der Waals surface area contributed by atoms with Crippen molar-refractivity contribution in [1.82, 2.24) is 14.9 Å². The van der Waals surface area contributed by atoms with E-state index in [9.17, 15) is 4.79 Å². The minimum Gasteiger partial charge on any atom is -0.370 e. The Kier molecular flexibility index (Phi) is 7.51. The molecule has 0 aliphatic heterocycles. The third-order valence-electron chi connectivity index (χ3n) is 3.95. The van der Waals surface area contributed by atoms with Gasteiger partial charge in [0.2, 0.25) is 0 Å². The van der Waals surface area contributed by atoms with E-state index in [-0.39, 0.29) is 11.6 Å². The largest absolute Gasteiger partial charge is 0.370 e. The Morgan fingerprint density at radius 1 is 1.26 bits per heavy atom. The zero-order valence-corrected chi connectivity index (χ0v) is 15.4. The first-order valence-electron chi connectivity index (χ1n) is 8.76. The van der Waals surface area contributed by atoms with Crippen LogP contribution < -0.4 is 22.5 Å². The molecule has 27 heavy (non-hydrogen) atoms. The van der Waals surface area contributed by atoms with E-state index in [1.54, 1.807) is 18.3 Å². The van der Waals surface area contributed by atoms with Gasteiger partial charge in [0, 0.05) is 31.3 Å². The molecular weight excluding hydrogens is 340 g/mol. The lowest BCUT2D eigenvalue weighted by Gasteiger charge is -2.10. The van der Waals surface area contributed by atoms with Crippen molar-refractivity contribution < 1.29 is 0 Å². The summed E-state index contributed by atoms with van der Waals surface area (Å²) in [6.07, 6.45) is 6.57. The first-order chi connectivity index (χ1) is 13.0. The zero-order valence-electron chi connectivity index (χ0n) is 15.4. The molecule has 2 rings (SSSR count). The predicted octanol–water partition coefficient (Wildman–Crippen LogP) is 1.36. The lowest BCUT2D eigenvalue weighted by Crippen LogP contribution is -2.24. The van der Waals surface area contributed by atoms with Crippen LogP contribution in [0.2, 0.25) is 0 Å². The Bertz CT molecular complexity index is 863. The van der Waals surface area contributed by atoms with E-state index >= 15 is 0 Å². The van der Waals surface area contributed by atoms with Crippen LogP contribution in [0.5, 0.6) is 0 Å². The molecule has 5 N–H and O–H groups in total. The SMILES string of the molecule is C=CCc1nc(=O)n(-c2ccc(CNCCCN=C(N)N)cc2)cc1C=C. The average molecular weight is 366 g/mol. The zero-order chi connectivity index (χ0) is 19.6. The van der Waals surface area contributed by atoms with Gasteiger partial charge >= 0.3 is 5.69 Å². The van der Waals surface area contributed by atoms with E-state index in [2.05, 4.69) is 28.5 Å². The molecule has 0 spiro atoms. The van der Waals surface area contributed by atoms with Gasteiger partial charge in [-0.2, -0.15) is 4.98 Å². The molecule has 0 fully saturated rings. The second-order valence-electron chi connectivity index (χ2n) is 6.00. The fraction of sp³-hybridized carbons (Fsp3) is 0.250. The molecule has 0 atom stereocenters. The molecular formula is C20H26N6O. The van der Waals surface area contributed by atoms with Gasteiger partial charge in [0.05, 0.1) is 11.4 Å². The highest BCUT2D eigenvalue weighted by Crippen LogP contribution is 2.12. The standard InChI is InChI=1S/C20H26N6O/c1-3-6-18-16(4-2)14-26(20(27)25-18)17-9-7-15(8-10-17)13-23-11-5-12-24-19(21)22/h3-4,7-10,14,23H,1-2,5-6,11-13H2,(H4,21,22,24). The molecule has 0 aliphatic rings. The van der Waals surface area contributed by atoms with Gasteiger partial charge in [0.15, 0.2) is 5.96 Å². The van der Waals surface area contributed by atoms with Gasteiger partial charge in [-0.05, 0) is 30.7 Å². The van der Waals surface area contributed by atoms with Gasteiger partial charge in [0.1, 0.15) is 0 Å². The van der Waals surface area contributed by atoms with Crippen molar-refractivity contribution in [2.75, 3.05) is 13.1 Å². The van der Waals surface area contributed by atoms with Crippen LogP contribution in [-0.2, 0) is 13.0 Å². The number of nitrogens with zero attached hydrogens (tertiary/aromatic N) is 3. The summed E-state index contributed by atoms with van der Waals surface area (Å²) in [5, 5.41) is 3.33. The Morgan fingerprint density at radius 3 is 2.63 bits per heavy atom. The summed E-state index contributed by atoms with van der Waals surface area (Å²) in [6, 6.07) is 7.77. The number of aromatic nitrogens is 2. The summed E-state index contributed by atoms with van der Waals surface area (Å²) in [4.78, 5) is 20.4. The number of hydrogen-bond donors (Lipinski definition) is 3. The van der Waals surface area contributed by atoms with E-state index < -0.39 is 0 Å². The number of hydrogen-bond acceptors (Lipinski definition) is 4. The van der Waals surface area contributed by atoms with Gasteiger partial charge in [0.25, 0.3) is 0 Å². The third-order valence-corrected chi connectivity index (χ3v) is 3.95. The fourth-order valence-corrected chi connectivity index (χ4v) is 2.58. The number of aliphatic imine (C=N–C) groups is 1. The molecule has 1 heterocycles. The summed E-state index contributed by atoms with van der Waals surface area (Å²) in [6.45, 7) is 9.64. The summed E-state index contributed by atoms with van der Waals surface area (Å²) in [7, 11) is 0. The van der Waals surface area contributed by atoms with E-state index in [0.29, 0.717) is 18.7 Å². The maximum atomic E-state index is 12.3. The Morgan fingerprint density at radius 2 is 2.00 bits per heavy atom. The number of allylic oxidation sites excluding steroid dienone is 1. The summed E-state index contributed by atoms with van der Waals surface area (Å²) < 4.78 is 1.52. The normalized spacial score (nSPS) is 10.4. The summed E-state index contributed by atoms with van der Waals surface area (Å²) in [5.41, 5.74) is 13.6. The minimum atomic E-state index is -0.317. The van der Waals surface area contributed by atoms with Gasteiger partial charge < -0.3 is 16.8 Å². The maximum absolute atomic E-state index is 12.3. The van der Waals surface area contributed by atoms with Crippen LogP contribution in [0.4, 0.5) is 0 Å². The van der Waals surface area contributed by atoms with E-state index in [4.69, 9.17) is 11.5 Å². The van der Waals surface area contributed by atoms with Crippen LogP contribution >= 0.6 is 0 Å². The highest BCUT2D eigenvalue weighted by molar-refractivity contribution is 5.75. The monoisotopic (exact) mass is 366 g/mol. The molecule has 0 unspecified atom stereocenters. The van der Waals surface area contributed by atoms with Gasteiger partial charge in [-0.3, -0.25) is 9.56 Å². The number of nitrogens with one attached hydrogen (secondary N) is 1. The molecule has 0 bridgehead atoms. The maximum Gasteiger partial charge on any atom is 0.352 e. The summed E-state index contributed by atoms with van der Waals surface area (Å²) >= 11 is 0. The van der Waals surface area contributed by atoms with E-state index in [1.165, 1.54) is 4.57 Å². The molecule has 2 aromatic rings. The number of benzene rings is 1. The average Bonchev–Trinajstić information content (AvgIpc) is 2.65. The van der Waals surface area contributed by atoms with Crippen LogP contribution in [0.25, 0.3) is 11.8 Å². The molecule has 0 saturated carbocycles. The Hall–Kier alpha value is -3.19. The first kappa shape index (κ1) is 20.1. The van der Waals surface area contributed by atoms with Crippen LogP contribution in [0.1, 0.15) is 23.2 Å². The van der Waals surface area contributed by atoms with Crippen molar-refractivity contribution >= 4 is 12.0 Å². The topological polar surface area (TPSA) is 111 Å². The second kappa shape index (κ2) is 10.1. The van der Waals surface area contributed by atoms with Gasteiger partial charge in [-0.1, -0.05) is 30.9 Å². The van der Waals surface area contributed by atoms with E-state index in [1.807, 2.05) is 24.3 Å². The molecule has 1 aromatic carbocycles. The molecule has 0 saturated heterocycles. The molecule has 142 valence electrons. The lowest BCUT2D eigenvalue weighted by atomic mass is 10.1. The second-order valence-corrected chi connectivity index (χ2v) is 6.00. The Balaban J connectivity index is 2.02. The molecule has 1 aromatic heterocycles. The fourth-order valence-electron chi connectivity index (χ4n) is 2.58. The first-order valence-corrected chi connectivity index (χ1v) is 8.76. The van der Waals surface area contributed by atoms with Crippen molar-refractivity contribution in [2.24, 2.45) is 16.5 Å². The van der Waals surface area contributed by atoms with Gasteiger partial charge in [-0.15, -0.1) is 6.58 Å². The third kappa shape index (κ3) is 5.93. The van der Waals surface area contributed by atoms with Gasteiger partial charge in [-0.25, -0.2) is 4.79 Å².